The van der Waals surface area contributed by atoms with Crippen LogP contribution in [0.1, 0.15) is 51.9 Å². The lowest BCUT2D eigenvalue weighted by molar-refractivity contribution is -0.148. The van der Waals surface area contributed by atoms with Crippen LogP contribution in [0, 0.1) is 5.92 Å². The summed E-state index contributed by atoms with van der Waals surface area (Å²) in [5.41, 5.74) is 0.961. The lowest BCUT2D eigenvalue weighted by atomic mass is 9.91. The first-order valence-electron chi connectivity index (χ1n) is 13.2. The monoisotopic (exact) mass is 514 g/mol. The first kappa shape index (κ1) is 27.5. The molecule has 4 aliphatic rings. The summed E-state index contributed by atoms with van der Waals surface area (Å²) in [6.45, 7) is 6.34. The molecule has 4 heterocycles. The molecular formula is C29H38O8. The number of aliphatic hydroxyl groups is 2. The number of carbonyl (C=O) groups excluding carboxylic acids is 2. The van der Waals surface area contributed by atoms with Crippen molar-refractivity contribution >= 4 is 11.8 Å². The Kier molecular flexibility index (Phi) is 9.54. The van der Waals surface area contributed by atoms with Crippen molar-refractivity contribution in [1.82, 2.24) is 0 Å². The van der Waals surface area contributed by atoms with Gasteiger partial charge in [-0.25, -0.2) is 4.79 Å². The number of allylic oxidation sites excluding steroid dienone is 1. The fourth-order valence-electron chi connectivity index (χ4n) is 5.20. The Hall–Kier alpha value is -2.52. The van der Waals surface area contributed by atoms with Gasteiger partial charge in [0.25, 0.3) is 0 Å². The van der Waals surface area contributed by atoms with Crippen LogP contribution >= 0.6 is 0 Å². The van der Waals surface area contributed by atoms with Crippen molar-refractivity contribution in [3.8, 4) is 0 Å². The van der Waals surface area contributed by atoms with Gasteiger partial charge in [0.15, 0.2) is 5.78 Å². The van der Waals surface area contributed by atoms with Gasteiger partial charge < -0.3 is 29.2 Å². The van der Waals surface area contributed by atoms with E-state index in [2.05, 4.69) is 19.6 Å². The van der Waals surface area contributed by atoms with Gasteiger partial charge in [-0.15, -0.1) is 0 Å². The van der Waals surface area contributed by atoms with E-state index >= 15 is 0 Å². The molecule has 9 atom stereocenters. The largest absolute Gasteiger partial charge is 0.493 e. The summed E-state index contributed by atoms with van der Waals surface area (Å²) in [6, 6.07) is 0. The molecule has 0 aromatic carbocycles. The Balaban J connectivity index is 1.45. The molecule has 0 aliphatic carbocycles. The van der Waals surface area contributed by atoms with Crippen LogP contribution in [-0.2, 0) is 28.5 Å². The highest BCUT2D eigenvalue weighted by molar-refractivity contribution is 5.90. The van der Waals surface area contributed by atoms with Crippen LogP contribution in [0.2, 0.25) is 0 Å². The van der Waals surface area contributed by atoms with Gasteiger partial charge in [0.1, 0.15) is 24.4 Å². The van der Waals surface area contributed by atoms with Gasteiger partial charge in [0, 0.05) is 18.6 Å². The number of ketones is 1. The second-order valence-electron chi connectivity index (χ2n) is 10.5. The summed E-state index contributed by atoms with van der Waals surface area (Å²) in [5.74, 6) is -0.283. The zero-order valence-corrected chi connectivity index (χ0v) is 21.3. The highest BCUT2D eigenvalue weighted by atomic mass is 16.6. The number of hydrogen-bond donors (Lipinski definition) is 2. The minimum absolute atomic E-state index is 0.0644. The van der Waals surface area contributed by atoms with Gasteiger partial charge in [-0.2, -0.15) is 0 Å². The number of esters is 1. The van der Waals surface area contributed by atoms with Crippen LogP contribution in [0.4, 0.5) is 0 Å². The molecule has 1 unspecified atom stereocenters. The Morgan fingerprint density at radius 1 is 1.08 bits per heavy atom. The van der Waals surface area contributed by atoms with Crippen LogP contribution in [0.25, 0.3) is 0 Å². The number of cyclic esters (lactones) is 1. The van der Waals surface area contributed by atoms with E-state index in [9.17, 15) is 19.8 Å². The minimum Gasteiger partial charge on any atom is -0.493 e. The molecule has 2 N–H and O–H groups in total. The van der Waals surface area contributed by atoms with E-state index in [0.29, 0.717) is 18.8 Å². The summed E-state index contributed by atoms with van der Waals surface area (Å²) in [6.07, 6.45) is 12.9. The molecule has 202 valence electrons. The Morgan fingerprint density at radius 3 is 2.73 bits per heavy atom. The molecule has 0 aromatic rings. The molecule has 0 radical (unpaired) electrons. The lowest BCUT2D eigenvalue weighted by Crippen LogP contribution is -2.32. The molecule has 1 fully saturated rings. The molecule has 4 aliphatic heterocycles. The molecule has 0 saturated carbocycles. The summed E-state index contributed by atoms with van der Waals surface area (Å²) in [5, 5.41) is 21.5. The molecule has 0 spiro atoms. The molecule has 2 bridgehead atoms. The van der Waals surface area contributed by atoms with Crippen molar-refractivity contribution in [2.24, 2.45) is 5.92 Å². The van der Waals surface area contributed by atoms with Crippen LogP contribution in [0.3, 0.4) is 0 Å². The number of carbonyl (C=O) groups is 2. The molecule has 0 amide bonds. The number of ether oxygens (including phenoxy) is 4. The van der Waals surface area contributed by atoms with Gasteiger partial charge in [0.05, 0.1) is 37.1 Å². The van der Waals surface area contributed by atoms with Crippen molar-refractivity contribution in [3.05, 3.63) is 60.9 Å². The number of aliphatic hydroxyl groups excluding tert-OH is 2. The highest BCUT2D eigenvalue weighted by Gasteiger charge is 2.46. The second kappa shape index (κ2) is 12.8. The molecule has 8 heteroatoms. The molecular weight excluding hydrogens is 476 g/mol. The number of epoxide rings is 1. The third-order valence-corrected chi connectivity index (χ3v) is 7.09. The van der Waals surface area contributed by atoms with E-state index in [0.717, 1.165) is 24.8 Å². The average molecular weight is 515 g/mol. The van der Waals surface area contributed by atoms with E-state index in [1.807, 2.05) is 6.08 Å². The quantitative estimate of drug-likeness (QED) is 0.335. The molecule has 8 nitrogen and oxygen atoms in total. The van der Waals surface area contributed by atoms with E-state index in [4.69, 9.17) is 18.9 Å². The van der Waals surface area contributed by atoms with E-state index in [-0.39, 0.29) is 36.9 Å². The van der Waals surface area contributed by atoms with Crippen molar-refractivity contribution < 1.29 is 38.7 Å². The smallest absolute Gasteiger partial charge is 0.330 e. The van der Waals surface area contributed by atoms with Gasteiger partial charge in [0.2, 0.25) is 0 Å². The van der Waals surface area contributed by atoms with Crippen molar-refractivity contribution in [2.45, 2.75) is 101 Å². The predicted octanol–water partition coefficient (Wildman–Crippen LogP) is 3.24. The van der Waals surface area contributed by atoms with Crippen molar-refractivity contribution in [1.29, 1.82) is 0 Å². The van der Waals surface area contributed by atoms with E-state index in [1.165, 1.54) is 24.5 Å². The lowest BCUT2D eigenvalue weighted by Gasteiger charge is -2.28. The van der Waals surface area contributed by atoms with Crippen molar-refractivity contribution in [3.63, 3.8) is 0 Å². The van der Waals surface area contributed by atoms with Gasteiger partial charge >= 0.3 is 5.97 Å². The minimum atomic E-state index is -1.14. The predicted molar refractivity (Wildman–Crippen MR) is 136 cm³/mol. The third-order valence-electron chi connectivity index (χ3n) is 7.09. The Bertz CT molecular complexity index is 950. The van der Waals surface area contributed by atoms with Gasteiger partial charge in [-0.1, -0.05) is 43.4 Å². The zero-order valence-electron chi connectivity index (χ0n) is 21.3. The summed E-state index contributed by atoms with van der Waals surface area (Å²) >= 11 is 0. The fraction of sp³-hybridized carbons (Fsp3) is 0.586. The number of hydrogen-bond acceptors (Lipinski definition) is 8. The first-order valence-corrected chi connectivity index (χ1v) is 13.2. The zero-order chi connectivity index (χ0) is 26.4. The van der Waals surface area contributed by atoms with E-state index in [1.54, 1.807) is 12.2 Å². The maximum Gasteiger partial charge on any atom is 0.330 e. The fourth-order valence-corrected chi connectivity index (χ4v) is 5.20. The van der Waals surface area contributed by atoms with Crippen LogP contribution < -0.4 is 0 Å². The van der Waals surface area contributed by atoms with Crippen molar-refractivity contribution in [2.75, 3.05) is 0 Å². The van der Waals surface area contributed by atoms with Crippen LogP contribution in [0.15, 0.2) is 60.9 Å². The van der Waals surface area contributed by atoms with Crippen LogP contribution in [0.5, 0.6) is 0 Å². The topological polar surface area (TPSA) is 115 Å². The van der Waals surface area contributed by atoms with E-state index < -0.39 is 36.5 Å². The SMILES string of the molecule is C=C1C[C@H](C)C[C@@H]2CC=C[C@@H](C/C=C\C(=O)O[C@H]([C@@H](O)/C=C/C3CC(=O)C=CO3)C[C@@H]3O[C@H]3[C@@H](O)C1)O2. The number of rotatable bonds is 3. The van der Waals surface area contributed by atoms with Gasteiger partial charge in [-0.05, 0) is 44.1 Å². The first-order chi connectivity index (χ1) is 17.8. The molecule has 37 heavy (non-hydrogen) atoms. The Labute approximate surface area is 218 Å². The normalized spacial score (nSPS) is 39.2. The Morgan fingerprint density at radius 2 is 1.92 bits per heavy atom. The molecule has 1 saturated heterocycles. The summed E-state index contributed by atoms with van der Waals surface area (Å²) < 4.78 is 22.9. The third kappa shape index (κ3) is 8.50. The van der Waals surface area contributed by atoms with Gasteiger partial charge in [-0.3, -0.25) is 4.79 Å². The molecule has 4 rings (SSSR count). The number of fused-ring (bicyclic) bond motifs is 3. The average Bonchev–Trinajstić information content (AvgIpc) is 3.61. The highest BCUT2D eigenvalue weighted by Crippen LogP contribution is 2.34. The standard InChI is InChI=1S/C29H38O8/c1-18-13-19(2)15-25(32)29-27(37-29)17-26(24(31)10-9-22-16-20(30)11-12-34-22)36-28(33)8-4-6-21-5-3-7-23(14-18)35-21/h3-5,8-12,18,21-27,29,31-32H,2,6-7,13-17H2,1H3/b8-4-,10-9+/t18-,21-,22?,23-,24-,25-,26-,27-,29-/m0/s1. The second-order valence-corrected chi connectivity index (χ2v) is 10.5. The van der Waals surface area contributed by atoms with Crippen LogP contribution in [-0.4, -0.2) is 70.8 Å². The maximum atomic E-state index is 12.6. The summed E-state index contributed by atoms with van der Waals surface area (Å²) in [7, 11) is 0. The maximum absolute atomic E-state index is 12.6. The molecule has 0 aromatic heterocycles. The summed E-state index contributed by atoms with van der Waals surface area (Å²) in [4.78, 5) is 24.2.